The number of carbonyl (C=O) groups is 3. The summed E-state index contributed by atoms with van der Waals surface area (Å²) in [6, 6.07) is 0. The van der Waals surface area contributed by atoms with Crippen LogP contribution in [0.2, 0.25) is 0 Å². The molecular weight excluding hydrogens is 240 g/mol. The lowest BCUT2D eigenvalue weighted by Gasteiger charge is -2.20. The van der Waals surface area contributed by atoms with E-state index < -0.39 is 17.8 Å². The van der Waals surface area contributed by atoms with Gasteiger partial charge in [-0.15, -0.1) is 0 Å². The summed E-state index contributed by atoms with van der Waals surface area (Å²) in [7, 11) is 1.50. The number of amides is 2. The molecule has 0 aromatic rings. The number of ether oxygens (including phenoxy) is 2. The Bertz CT molecular complexity index is 298. The van der Waals surface area contributed by atoms with Crippen LogP contribution in [0.5, 0.6) is 0 Å². The number of hydrogen-bond acceptors (Lipinski definition) is 5. The Morgan fingerprint density at radius 1 is 1.33 bits per heavy atom. The van der Waals surface area contributed by atoms with Crippen LogP contribution in [-0.2, 0) is 14.3 Å². The second kappa shape index (κ2) is 7.52. The standard InChI is InChI=1S/C11H20N2O5/c1-11(2,3)18-9(15)12-5-6-13(4)10(16)17-8-7-14/h7H,5-6,8H2,1-4H3,(H,12,15). The second-order valence-electron chi connectivity index (χ2n) is 4.59. The summed E-state index contributed by atoms with van der Waals surface area (Å²) in [4.78, 5) is 33.7. The van der Waals surface area contributed by atoms with Crippen molar-refractivity contribution in [2.24, 2.45) is 0 Å². The van der Waals surface area contributed by atoms with E-state index in [0.29, 0.717) is 6.29 Å². The second-order valence-corrected chi connectivity index (χ2v) is 4.59. The minimum absolute atomic E-state index is 0.238. The van der Waals surface area contributed by atoms with Gasteiger partial charge in [0.15, 0.2) is 6.29 Å². The molecule has 2 amide bonds. The van der Waals surface area contributed by atoms with E-state index in [1.165, 1.54) is 11.9 Å². The Morgan fingerprint density at radius 2 is 1.94 bits per heavy atom. The third kappa shape index (κ3) is 8.37. The predicted molar refractivity (Wildman–Crippen MR) is 64.3 cm³/mol. The van der Waals surface area contributed by atoms with E-state index in [-0.39, 0.29) is 19.7 Å². The van der Waals surface area contributed by atoms with Crippen LogP contribution in [0.3, 0.4) is 0 Å². The Labute approximate surface area is 106 Å². The third-order valence-corrected chi connectivity index (χ3v) is 1.70. The van der Waals surface area contributed by atoms with Crippen molar-refractivity contribution in [1.29, 1.82) is 0 Å². The number of carbonyl (C=O) groups excluding carboxylic acids is 3. The summed E-state index contributed by atoms with van der Waals surface area (Å²) >= 11 is 0. The van der Waals surface area contributed by atoms with E-state index in [9.17, 15) is 14.4 Å². The van der Waals surface area contributed by atoms with Gasteiger partial charge in [0.2, 0.25) is 0 Å². The number of nitrogens with zero attached hydrogens (tertiary/aromatic N) is 1. The van der Waals surface area contributed by atoms with E-state index in [4.69, 9.17) is 4.74 Å². The smallest absolute Gasteiger partial charge is 0.409 e. The Balaban J connectivity index is 3.80. The molecule has 1 N–H and O–H groups in total. The Kier molecular flexibility index (Phi) is 6.77. The highest BCUT2D eigenvalue weighted by Gasteiger charge is 2.16. The monoisotopic (exact) mass is 260 g/mol. The van der Waals surface area contributed by atoms with Crippen molar-refractivity contribution in [3.8, 4) is 0 Å². The highest BCUT2D eigenvalue weighted by Crippen LogP contribution is 2.06. The molecule has 0 aromatic carbocycles. The van der Waals surface area contributed by atoms with Crippen LogP contribution in [-0.4, -0.2) is 55.7 Å². The van der Waals surface area contributed by atoms with Crippen LogP contribution in [0, 0.1) is 0 Å². The molecular formula is C11H20N2O5. The van der Waals surface area contributed by atoms with Gasteiger partial charge in [0.1, 0.15) is 12.2 Å². The fourth-order valence-electron chi connectivity index (χ4n) is 0.947. The number of nitrogens with one attached hydrogen (secondary N) is 1. The van der Waals surface area contributed by atoms with Gasteiger partial charge in [0.05, 0.1) is 0 Å². The molecule has 0 aliphatic heterocycles. The van der Waals surface area contributed by atoms with Crippen molar-refractivity contribution in [2.75, 3.05) is 26.7 Å². The van der Waals surface area contributed by atoms with Gasteiger partial charge in [-0.05, 0) is 20.8 Å². The van der Waals surface area contributed by atoms with Crippen molar-refractivity contribution >= 4 is 18.5 Å². The topological polar surface area (TPSA) is 84.9 Å². The molecule has 0 saturated carbocycles. The third-order valence-electron chi connectivity index (χ3n) is 1.70. The number of alkyl carbamates (subject to hydrolysis) is 1. The molecule has 7 heteroatoms. The molecule has 0 fully saturated rings. The van der Waals surface area contributed by atoms with Crippen LogP contribution in [0.4, 0.5) is 9.59 Å². The summed E-state index contributed by atoms with van der Waals surface area (Å²) in [5, 5.41) is 2.50. The molecule has 0 radical (unpaired) electrons. The first-order valence-corrected chi connectivity index (χ1v) is 5.54. The maximum absolute atomic E-state index is 11.3. The molecule has 0 aliphatic rings. The molecule has 0 bridgehead atoms. The zero-order valence-electron chi connectivity index (χ0n) is 11.2. The molecule has 0 atom stereocenters. The van der Waals surface area contributed by atoms with Crippen molar-refractivity contribution in [1.82, 2.24) is 10.2 Å². The summed E-state index contributed by atoms with van der Waals surface area (Å²) in [5.41, 5.74) is -0.557. The van der Waals surface area contributed by atoms with Gasteiger partial charge in [-0.3, -0.25) is 4.79 Å². The van der Waals surface area contributed by atoms with Crippen LogP contribution in [0.15, 0.2) is 0 Å². The minimum Gasteiger partial charge on any atom is -0.444 e. The van der Waals surface area contributed by atoms with Crippen molar-refractivity contribution in [3.63, 3.8) is 0 Å². The van der Waals surface area contributed by atoms with E-state index >= 15 is 0 Å². The van der Waals surface area contributed by atoms with Crippen molar-refractivity contribution in [2.45, 2.75) is 26.4 Å². The molecule has 0 spiro atoms. The minimum atomic E-state index is -0.618. The quantitative estimate of drug-likeness (QED) is 0.738. The molecule has 18 heavy (non-hydrogen) atoms. The lowest BCUT2D eigenvalue weighted by Crippen LogP contribution is -2.39. The first-order chi connectivity index (χ1) is 8.26. The first-order valence-electron chi connectivity index (χ1n) is 5.54. The highest BCUT2D eigenvalue weighted by molar-refractivity contribution is 5.70. The van der Waals surface area contributed by atoms with Crippen molar-refractivity contribution < 1.29 is 23.9 Å². The Hall–Kier alpha value is -1.79. The van der Waals surface area contributed by atoms with Gasteiger partial charge in [0, 0.05) is 20.1 Å². The molecule has 0 aromatic heterocycles. The van der Waals surface area contributed by atoms with Gasteiger partial charge in [-0.25, -0.2) is 9.59 Å². The maximum Gasteiger partial charge on any atom is 0.409 e. The van der Waals surface area contributed by atoms with E-state index in [1.54, 1.807) is 20.8 Å². The lowest BCUT2D eigenvalue weighted by molar-refractivity contribution is -0.110. The van der Waals surface area contributed by atoms with Crippen LogP contribution < -0.4 is 5.32 Å². The van der Waals surface area contributed by atoms with Gasteiger partial charge >= 0.3 is 12.2 Å². The number of hydrogen-bond donors (Lipinski definition) is 1. The summed E-state index contributed by atoms with van der Waals surface area (Å²) in [5.74, 6) is 0. The molecule has 0 saturated heterocycles. The molecule has 0 unspecified atom stereocenters. The van der Waals surface area contributed by atoms with Gasteiger partial charge in [-0.2, -0.15) is 0 Å². The van der Waals surface area contributed by atoms with Gasteiger partial charge < -0.3 is 19.7 Å². The van der Waals surface area contributed by atoms with Crippen LogP contribution in [0.1, 0.15) is 20.8 Å². The fraction of sp³-hybridized carbons (Fsp3) is 0.727. The normalized spacial score (nSPS) is 10.4. The largest absolute Gasteiger partial charge is 0.444 e. The zero-order chi connectivity index (χ0) is 14.2. The van der Waals surface area contributed by atoms with E-state index in [1.807, 2.05) is 0 Å². The molecule has 0 aliphatic carbocycles. The molecule has 7 nitrogen and oxygen atoms in total. The first kappa shape index (κ1) is 16.2. The molecule has 104 valence electrons. The summed E-state index contributed by atoms with van der Waals surface area (Å²) < 4.78 is 9.58. The summed E-state index contributed by atoms with van der Waals surface area (Å²) in [6.07, 6.45) is -0.671. The van der Waals surface area contributed by atoms with Crippen molar-refractivity contribution in [3.05, 3.63) is 0 Å². The molecule has 0 rings (SSSR count). The van der Waals surface area contributed by atoms with Gasteiger partial charge in [0.25, 0.3) is 0 Å². The average Bonchev–Trinajstić information content (AvgIpc) is 2.23. The SMILES string of the molecule is CN(CCNC(=O)OC(C)(C)C)C(=O)OCC=O. The maximum atomic E-state index is 11.3. The van der Waals surface area contributed by atoms with Gasteiger partial charge in [-0.1, -0.05) is 0 Å². The summed E-state index contributed by atoms with van der Waals surface area (Å²) in [6.45, 7) is 5.50. The van der Waals surface area contributed by atoms with E-state index in [0.717, 1.165) is 0 Å². The predicted octanol–water partition coefficient (Wildman–Crippen LogP) is 0.778. The van der Waals surface area contributed by atoms with E-state index in [2.05, 4.69) is 10.1 Å². The average molecular weight is 260 g/mol. The Morgan fingerprint density at radius 3 is 2.44 bits per heavy atom. The fourth-order valence-corrected chi connectivity index (χ4v) is 0.947. The lowest BCUT2D eigenvalue weighted by atomic mass is 10.2. The number of rotatable bonds is 5. The number of aldehydes is 1. The van der Waals surface area contributed by atoms with Crippen LogP contribution >= 0.6 is 0 Å². The highest BCUT2D eigenvalue weighted by atomic mass is 16.6. The zero-order valence-corrected chi connectivity index (χ0v) is 11.2. The number of likely N-dealkylation sites (N-methyl/N-ethyl adjacent to an activating group) is 1. The molecule has 0 heterocycles. The van der Waals surface area contributed by atoms with Crippen LogP contribution in [0.25, 0.3) is 0 Å².